The van der Waals surface area contributed by atoms with Crippen molar-refractivity contribution >= 4 is 0 Å². The molecule has 0 radical (unpaired) electrons. The van der Waals surface area contributed by atoms with Crippen LogP contribution in [-0.4, -0.2) is 6.18 Å². The molecule has 1 aliphatic carbocycles. The number of hydrogen-bond donors (Lipinski definition) is 0. The molecular formula is C17H27F3. The summed E-state index contributed by atoms with van der Waals surface area (Å²) in [6.45, 7) is 12.9. The van der Waals surface area contributed by atoms with Gasteiger partial charge in [-0.15, -0.1) is 0 Å². The fourth-order valence-corrected chi connectivity index (χ4v) is 1.44. The van der Waals surface area contributed by atoms with Crippen molar-refractivity contribution in [2.45, 2.75) is 47.2 Å². The van der Waals surface area contributed by atoms with E-state index in [1.807, 2.05) is 19.1 Å². The summed E-state index contributed by atoms with van der Waals surface area (Å²) in [5.74, 6) is -1.74. The van der Waals surface area contributed by atoms with Crippen LogP contribution in [0.1, 0.15) is 41.0 Å². The lowest BCUT2D eigenvalue weighted by molar-refractivity contribution is -0.169. The van der Waals surface area contributed by atoms with Crippen LogP contribution in [-0.2, 0) is 0 Å². The number of allylic oxidation sites excluding steroid dienone is 7. The molecule has 0 N–H and O–H groups in total. The highest BCUT2D eigenvalue weighted by molar-refractivity contribution is 5.24. The highest BCUT2D eigenvalue weighted by Crippen LogP contribution is 2.36. The second-order valence-electron chi connectivity index (χ2n) is 4.66. The van der Waals surface area contributed by atoms with E-state index >= 15 is 0 Å². The van der Waals surface area contributed by atoms with Crippen LogP contribution in [0.5, 0.6) is 0 Å². The van der Waals surface area contributed by atoms with E-state index in [2.05, 4.69) is 20.4 Å². The van der Waals surface area contributed by atoms with E-state index < -0.39 is 18.0 Å². The van der Waals surface area contributed by atoms with Crippen LogP contribution in [0.4, 0.5) is 13.2 Å². The molecule has 0 bridgehead atoms. The Bertz CT molecular complexity index is 333. The predicted molar refractivity (Wildman–Crippen MR) is 82.6 cm³/mol. The van der Waals surface area contributed by atoms with Crippen molar-refractivity contribution in [1.82, 2.24) is 0 Å². The molecule has 0 heterocycles. The molecule has 1 aliphatic rings. The molecule has 0 amide bonds. The fourth-order valence-electron chi connectivity index (χ4n) is 1.44. The normalized spacial score (nSPS) is 21.3. The molecule has 20 heavy (non-hydrogen) atoms. The Kier molecular flexibility index (Phi) is 12.2. The molecule has 0 saturated heterocycles. The third-order valence-electron chi connectivity index (χ3n) is 2.38. The highest BCUT2D eigenvalue weighted by Gasteiger charge is 2.41. The van der Waals surface area contributed by atoms with E-state index in [1.54, 1.807) is 32.1 Å². The van der Waals surface area contributed by atoms with Crippen molar-refractivity contribution in [2.75, 3.05) is 0 Å². The van der Waals surface area contributed by atoms with Gasteiger partial charge in [-0.2, -0.15) is 13.2 Å². The van der Waals surface area contributed by atoms with Crippen molar-refractivity contribution in [3.63, 3.8) is 0 Å². The molecule has 116 valence electrons. The van der Waals surface area contributed by atoms with Gasteiger partial charge in [0, 0.05) is 0 Å². The summed E-state index contributed by atoms with van der Waals surface area (Å²) in [5.41, 5.74) is 0.690. The zero-order valence-corrected chi connectivity index (χ0v) is 13.2. The SMILES string of the molecule is C=C/C=C\C.CC1=CC(C(F)(F)F)C(C)C=C1.CCC. The van der Waals surface area contributed by atoms with Gasteiger partial charge in [0.05, 0.1) is 5.92 Å². The third-order valence-corrected chi connectivity index (χ3v) is 2.38. The van der Waals surface area contributed by atoms with Crippen LogP contribution in [0.3, 0.4) is 0 Å². The lowest BCUT2D eigenvalue weighted by Gasteiger charge is -2.24. The second-order valence-corrected chi connectivity index (χ2v) is 4.66. The molecule has 0 nitrogen and oxygen atoms in total. The van der Waals surface area contributed by atoms with Gasteiger partial charge < -0.3 is 0 Å². The third kappa shape index (κ3) is 10.7. The van der Waals surface area contributed by atoms with Crippen molar-refractivity contribution in [1.29, 1.82) is 0 Å². The van der Waals surface area contributed by atoms with Crippen LogP contribution >= 0.6 is 0 Å². The minimum atomic E-state index is -4.11. The summed E-state index contributed by atoms with van der Waals surface area (Å²) >= 11 is 0. The Morgan fingerprint density at radius 1 is 1.30 bits per heavy atom. The highest BCUT2D eigenvalue weighted by atomic mass is 19.4. The lowest BCUT2D eigenvalue weighted by atomic mass is 9.87. The Labute approximate surface area is 121 Å². The van der Waals surface area contributed by atoms with Gasteiger partial charge in [-0.1, -0.05) is 75.8 Å². The number of hydrogen-bond acceptors (Lipinski definition) is 0. The Morgan fingerprint density at radius 3 is 2.05 bits per heavy atom. The fraction of sp³-hybridized carbons (Fsp3) is 0.529. The summed E-state index contributed by atoms with van der Waals surface area (Å²) < 4.78 is 36.9. The molecule has 0 spiro atoms. The summed E-state index contributed by atoms with van der Waals surface area (Å²) in [4.78, 5) is 0. The maximum Gasteiger partial charge on any atom is 0.395 e. The number of rotatable bonds is 1. The average molecular weight is 288 g/mol. The Balaban J connectivity index is 0. The zero-order valence-electron chi connectivity index (χ0n) is 13.2. The summed E-state index contributed by atoms with van der Waals surface area (Å²) in [7, 11) is 0. The quantitative estimate of drug-likeness (QED) is 0.484. The van der Waals surface area contributed by atoms with Gasteiger partial charge in [0.25, 0.3) is 0 Å². The van der Waals surface area contributed by atoms with Gasteiger partial charge in [0.1, 0.15) is 0 Å². The Hall–Kier alpha value is -1.25. The molecule has 0 aliphatic heterocycles. The van der Waals surface area contributed by atoms with Crippen molar-refractivity contribution in [2.24, 2.45) is 11.8 Å². The van der Waals surface area contributed by atoms with Crippen LogP contribution in [0.25, 0.3) is 0 Å². The molecule has 0 aromatic heterocycles. The minimum absolute atomic E-state index is 0.436. The predicted octanol–water partition coefficient (Wildman–Crippen LogP) is 6.48. The van der Waals surface area contributed by atoms with Gasteiger partial charge in [-0.05, 0) is 19.8 Å². The smallest absolute Gasteiger partial charge is 0.170 e. The van der Waals surface area contributed by atoms with Gasteiger partial charge in [-0.25, -0.2) is 0 Å². The van der Waals surface area contributed by atoms with E-state index in [0.29, 0.717) is 5.57 Å². The molecule has 0 fully saturated rings. The van der Waals surface area contributed by atoms with Gasteiger partial charge in [0.2, 0.25) is 0 Å². The zero-order chi connectivity index (χ0) is 16.2. The minimum Gasteiger partial charge on any atom is -0.170 e. The van der Waals surface area contributed by atoms with Gasteiger partial charge >= 0.3 is 6.18 Å². The first-order valence-electron chi connectivity index (χ1n) is 6.91. The standard InChI is InChI=1S/C9H11F3.C5H8.C3H8/c1-6-3-4-7(2)8(5-6)9(10,11)12;1-3-5-4-2;1-3-2/h3-5,7-8H,1-2H3;3-5H,1H2,2H3;3H2,1-2H3/b;5-4-;. The van der Waals surface area contributed by atoms with E-state index in [-0.39, 0.29) is 0 Å². The van der Waals surface area contributed by atoms with E-state index in [1.165, 1.54) is 12.5 Å². The molecule has 0 aromatic carbocycles. The van der Waals surface area contributed by atoms with E-state index in [9.17, 15) is 13.2 Å². The molecule has 2 unspecified atom stereocenters. The van der Waals surface area contributed by atoms with Crippen molar-refractivity contribution in [3.05, 3.63) is 48.6 Å². The number of halogens is 3. The summed E-state index contributed by atoms with van der Waals surface area (Å²) in [6.07, 6.45) is 7.34. The largest absolute Gasteiger partial charge is 0.395 e. The maximum absolute atomic E-state index is 12.3. The molecule has 1 rings (SSSR count). The summed E-state index contributed by atoms with van der Waals surface area (Å²) in [5, 5.41) is 0. The van der Waals surface area contributed by atoms with Gasteiger partial charge in [0.15, 0.2) is 0 Å². The molecule has 2 atom stereocenters. The molecule has 3 heteroatoms. The van der Waals surface area contributed by atoms with Crippen LogP contribution < -0.4 is 0 Å². The maximum atomic E-state index is 12.3. The topological polar surface area (TPSA) is 0 Å². The average Bonchev–Trinajstić information content (AvgIpc) is 2.34. The van der Waals surface area contributed by atoms with Crippen molar-refractivity contribution in [3.8, 4) is 0 Å². The molecule has 0 saturated carbocycles. The van der Waals surface area contributed by atoms with Crippen LogP contribution in [0.2, 0.25) is 0 Å². The number of alkyl halides is 3. The monoisotopic (exact) mass is 288 g/mol. The molecular weight excluding hydrogens is 261 g/mol. The lowest BCUT2D eigenvalue weighted by Crippen LogP contribution is -2.27. The van der Waals surface area contributed by atoms with Crippen molar-refractivity contribution < 1.29 is 13.2 Å². The van der Waals surface area contributed by atoms with E-state index in [4.69, 9.17) is 0 Å². The van der Waals surface area contributed by atoms with Crippen LogP contribution in [0.15, 0.2) is 48.6 Å². The Morgan fingerprint density at radius 2 is 1.80 bits per heavy atom. The first-order valence-corrected chi connectivity index (χ1v) is 6.91. The van der Waals surface area contributed by atoms with E-state index in [0.717, 1.165) is 0 Å². The summed E-state index contributed by atoms with van der Waals surface area (Å²) in [6, 6.07) is 0. The van der Waals surface area contributed by atoms with Gasteiger partial charge in [-0.3, -0.25) is 0 Å². The van der Waals surface area contributed by atoms with Crippen LogP contribution in [0, 0.1) is 11.8 Å². The second kappa shape index (κ2) is 11.6. The molecule has 0 aromatic rings. The first-order chi connectivity index (χ1) is 9.24. The first kappa shape index (κ1) is 21.1.